The third kappa shape index (κ3) is 59.7. The van der Waals surface area contributed by atoms with Crippen molar-refractivity contribution < 1.29 is 28.6 Å². The fourth-order valence-electron chi connectivity index (χ4n) is 9.06. The van der Waals surface area contributed by atoms with Crippen LogP contribution in [-0.2, 0) is 28.6 Å². The number of hydrogen-bond donors (Lipinski definition) is 0. The lowest BCUT2D eigenvalue weighted by molar-refractivity contribution is -0.167. The van der Waals surface area contributed by atoms with Crippen LogP contribution in [0.2, 0.25) is 0 Å². The minimum atomic E-state index is -0.788. The van der Waals surface area contributed by atoms with E-state index in [1.807, 2.05) is 0 Å². The van der Waals surface area contributed by atoms with Crippen molar-refractivity contribution in [1.29, 1.82) is 0 Å². The van der Waals surface area contributed by atoms with Crippen LogP contribution in [0.4, 0.5) is 0 Å². The van der Waals surface area contributed by atoms with Gasteiger partial charge in [0.25, 0.3) is 0 Å². The van der Waals surface area contributed by atoms with Crippen molar-refractivity contribution in [3.63, 3.8) is 0 Å². The molecule has 0 radical (unpaired) electrons. The smallest absolute Gasteiger partial charge is 0.306 e. The molecule has 74 heavy (non-hydrogen) atoms. The Labute approximate surface area is 459 Å². The van der Waals surface area contributed by atoms with E-state index in [0.717, 1.165) is 89.9 Å². The van der Waals surface area contributed by atoms with Gasteiger partial charge in [-0.2, -0.15) is 0 Å². The lowest BCUT2D eigenvalue weighted by Gasteiger charge is -2.18. The molecule has 0 spiro atoms. The SMILES string of the molecule is CCCCCCC/C=C\C/C=C\C/C=C\CCCCCCCCC(=O)OCC(COC(=O)CCCCCCC/C=C\CCCCCCC)OC(=O)CCCCCCCCCCC/C=C\C/C=C\CCCCCCC. The molecule has 6 nitrogen and oxygen atoms in total. The first-order chi connectivity index (χ1) is 36.5. The molecular formula is C68H120O6. The van der Waals surface area contributed by atoms with Crippen molar-refractivity contribution in [2.24, 2.45) is 0 Å². The first-order valence-corrected chi connectivity index (χ1v) is 31.9. The average molecular weight is 1030 g/mol. The quantitative estimate of drug-likeness (QED) is 0.0261. The molecule has 0 rings (SSSR count). The predicted octanol–water partition coefficient (Wildman–Crippen LogP) is 21.7. The van der Waals surface area contributed by atoms with Crippen molar-refractivity contribution in [3.8, 4) is 0 Å². The normalized spacial score (nSPS) is 12.5. The van der Waals surface area contributed by atoms with Gasteiger partial charge in [0.1, 0.15) is 13.2 Å². The second-order valence-corrected chi connectivity index (χ2v) is 21.3. The van der Waals surface area contributed by atoms with Crippen molar-refractivity contribution in [3.05, 3.63) is 72.9 Å². The Hall–Kier alpha value is -3.15. The Bertz CT molecular complexity index is 1370. The van der Waals surface area contributed by atoms with E-state index in [1.165, 1.54) is 193 Å². The zero-order chi connectivity index (χ0) is 53.6. The molecule has 0 saturated heterocycles. The number of allylic oxidation sites excluding steroid dienone is 12. The molecule has 0 aromatic carbocycles. The van der Waals surface area contributed by atoms with Crippen molar-refractivity contribution >= 4 is 17.9 Å². The van der Waals surface area contributed by atoms with Crippen LogP contribution >= 0.6 is 0 Å². The van der Waals surface area contributed by atoms with E-state index >= 15 is 0 Å². The average Bonchev–Trinajstić information content (AvgIpc) is 3.40. The molecular weight excluding hydrogens is 913 g/mol. The van der Waals surface area contributed by atoms with E-state index in [1.54, 1.807) is 0 Å². The number of carbonyl (C=O) groups excluding carboxylic acids is 3. The maximum absolute atomic E-state index is 12.9. The van der Waals surface area contributed by atoms with Gasteiger partial charge < -0.3 is 14.2 Å². The van der Waals surface area contributed by atoms with E-state index < -0.39 is 6.10 Å². The summed E-state index contributed by atoms with van der Waals surface area (Å²) < 4.78 is 16.9. The second kappa shape index (κ2) is 62.4. The molecule has 0 heterocycles. The van der Waals surface area contributed by atoms with Gasteiger partial charge in [-0.3, -0.25) is 14.4 Å². The molecule has 0 aliphatic carbocycles. The summed E-state index contributed by atoms with van der Waals surface area (Å²) >= 11 is 0. The minimum Gasteiger partial charge on any atom is -0.462 e. The molecule has 0 amide bonds. The Morgan fingerprint density at radius 2 is 0.486 bits per heavy atom. The summed E-state index contributed by atoms with van der Waals surface area (Å²) in [5.41, 5.74) is 0. The van der Waals surface area contributed by atoms with Crippen LogP contribution in [0.3, 0.4) is 0 Å². The highest BCUT2D eigenvalue weighted by Gasteiger charge is 2.19. The molecule has 0 aliphatic heterocycles. The molecule has 0 aliphatic rings. The molecule has 0 aromatic rings. The zero-order valence-electron chi connectivity index (χ0n) is 49.1. The van der Waals surface area contributed by atoms with Crippen molar-refractivity contribution in [2.75, 3.05) is 13.2 Å². The first kappa shape index (κ1) is 70.8. The summed E-state index contributed by atoms with van der Waals surface area (Å²) in [6, 6.07) is 0. The molecule has 6 heteroatoms. The molecule has 428 valence electrons. The molecule has 0 saturated carbocycles. The Morgan fingerprint density at radius 3 is 0.770 bits per heavy atom. The monoisotopic (exact) mass is 1030 g/mol. The summed E-state index contributed by atoms with van der Waals surface area (Å²) in [5.74, 6) is -0.896. The standard InChI is InChI=1S/C68H120O6/c1-4-7-10-13-16-19-22-25-28-30-32-34-36-38-40-43-46-49-52-55-58-61-67(70)73-64-65(63-72-66(69)60-57-54-51-48-45-42-27-24-21-18-15-12-9-6-3)74-68(71)62-59-56-53-50-47-44-41-39-37-35-33-31-29-26-23-20-17-14-11-8-5-2/h22-27,30-33,36,38,65H,4-21,28-29,34-35,37,39-64H2,1-3H3/b25-22-,26-23-,27-24-,32-30-,33-31-,38-36-. The van der Waals surface area contributed by atoms with Gasteiger partial charge in [-0.05, 0) is 116 Å². The maximum atomic E-state index is 12.9. The van der Waals surface area contributed by atoms with Crippen molar-refractivity contribution in [1.82, 2.24) is 0 Å². The summed E-state index contributed by atoms with van der Waals surface area (Å²) in [6.45, 7) is 6.62. The number of ether oxygens (including phenoxy) is 3. The van der Waals surface area contributed by atoms with E-state index in [2.05, 4.69) is 93.7 Å². The second-order valence-electron chi connectivity index (χ2n) is 21.3. The largest absolute Gasteiger partial charge is 0.462 e. The van der Waals surface area contributed by atoms with Crippen LogP contribution in [0, 0.1) is 0 Å². The van der Waals surface area contributed by atoms with Gasteiger partial charge in [0.05, 0.1) is 0 Å². The molecule has 0 bridgehead atoms. The predicted molar refractivity (Wildman–Crippen MR) is 321 cm³/mol. The van der Waals surface area contributed by atoms with E-state index in [9.17, 15) is 14.4 Å². The number of esters is 3. The van der Waals surface area contributed by atoms with E-state index in [0.29, 0.717) is 19.3 Å². The Kier molecular flexibility index (Phi) is 59.7. The van der Waals surface area contributed by atoms with Gasteiger partial charge in [-0.1, -0.05) is 261 Å². The van der Waals surface area contributed by atoms with Gasteiger partial charge in [-0.25, -0.2) is 0 Å². The van der Waals surface area contributed by atoms with E-state index in [4.69, 9.17) is 14.2 Å². The maximum Gasteiger partial charge on any atom is 0.306 e. The number of hydrogen-bond acceptors (Lipinski definition) is 6. The lowest BCUT2D eigenvalue weighted by atomic mass is 10.1. The third-order valence-electron chi connectivity index (χ3n) is 13.9. The van der Waals surface area contributed by atoms with Crippen LogP contribution in [-0.4, -0.2) is 37.2 Å². The molecule has 0 fully saturated rings. The van der Waals surface area contributed by atoms with Crippen LogP contribution in [0.25, 0.3) is 0 Å². The summed E-state index contributed by atoms with van der Waals surface area (Å²) in [7, 11) is 0. The number of rotatable bonds is 58. The number of unbranched alkanes of at least 4 members (excludes halogenated alkanes) is 35. The topological polar surface area (TPSA) is 78.9 Å². The van der Waals surface area contributed by atoms with Crippen LogP contribution < -0.4 is 0 Å². The first-order valence-electron chi connectivity index (χ1n) is 31.9. The zero-order valence-corrected chi connectivity index (χ0v) is 49.1. The molecule has 0 N–H and O–H groups in total. The van der Waals surface area contributed by atoms with Crippen molar-refractivity contribution in [2.45, 2.75) is 329 Å². The van der Waals surface area contributed by atoms with Gasteiger partial charge in [0.15, 0.2) is 6.10 Å². The highest BCUT2D eigenvalue weighted by atomic mass is 16.6. The highest BCUT2D eigenvalue weighted by molar-refractivity contribution is 5.71. The fraction of sp³-hybridized carbons (Fsp3) is 0.779. The lowest BCUT2D eigenvalue weighted by Crippen LogP contribution is -2.30. The van der Waals surface area contributed by atoms with Crippen LogP contribution in [0.5, 0.6) is 0 Å². The van der Waals surface area contributed by atoms with Crippen LogP contribution in [0.15, 0.2) is 72.9 Å². The molecule has 1 atom stereocenters. The minimum absolute atomic E-state index is 0.0847. The molecule has 0 aromatic heterocycles. The van der Waals surface area contributed by atoms with Crippen LogP contribution in [0.1, 0.15) is 323 Å². The molecule has 1 unspecified atom stereocenters. The van der Waals surface area contributed by atoms with Gasteiger partial charge in [-0.15, -0.1) is 0 Å². The third-order valence-corrected chi connectivity index (χ3v) is 13.9. The van der Waals surface area contributed by atoms with Gasteiger partial charge >= 0.3 is 17.9 Å². The fourth-order valence-corrected chi connectivity index (χ4v) is 9.06. The Balaban J connectivity index is 4.39. The summed E-state index contributed by atoms with van der Waals surface area (Å²) in [6.07, 6.45) is 80.4. The number of carbonyl (C=O) groups is 3. The summed E-state index contributed by atoms with van der Waals surface area (Å²) in [5, 5.41) is 0. The van der Waals surface area contributed by atoms with Gasteiger partial charge in [0, 0.05) is 19.3 Å². The highest BCUT2D eigenvalue weighted by Crippen LogP contribution is 2.16. The van der Waals surface area contributed by atoms with E-state index in [-0.39, 0.29) is 31.1 Å². The Morgan fingerprint density at radius 1 is 0.270 bits per heavy atom. The summed E-state index contributed by atoms with van der Waals surface area (Å²) in [4.78, 5) is 38.3. The van der Waals surface area contributed by atoms with Gasteiger partial charge in [0.2, 0.25) is 0 Å².